The van der Waals surface area contributed by atoms with Gasteiger partial charge in [-0.3, -0.25) is 14.6 Å². The summed E-state index contributed by atoms with van der Waals surface area (Å²) in [5.74, 6) is -0.523. The van der Waals surface area contributed by atoms with Gasteiger partial charge in [0.15, 0.2) is 0 Å². The van der Waals surface area contributed by atoms with E-state index in [1.807, 2.05) is 31.2 Å². The third-order valence-electron chi connectivity index (χ3n) is 8.61. The fourth-order valence-corrected chi connectivity index (χ4v) is 6.63. The van der Waals surface area contributed by atoms with E-state index in [4.69, 9.17) is 11.6 Å². The summed E-state index contributed by atoms with van der Waals surface area (Å²) in [6, 6.07) is 10.9. The van der Waals surface area contributed by atoms with E-state index in [0.29, 0.717) is 17.1 Å². The highest BCUT2D eigenvalue weighted by Crippen LogP contribution is 2.55. The first-order valence-electron chi connectivity index (χ1n) is 12.6. The van der Waals surface area contributed by atoms with Gasteiger partial charge in [-0.25, -0.2) is 0 Å². The van der Waals surface area contributed by atoms with E-state index < -0.39 is 6.10 Å². The SMILES string of the molecule is C[C@@H]1[C@@H]2[C@@H](O)[C@H]([C@H](C)C(=O)NCc3ccccc3Cl)CC[C@]2(C)CC[C@@H]1NC(=O)c1ccncc1. The van der Waals surface area contributed by atoms with Gasteiger partial charge in [0.05, 0.1) is 6.10 Å². The van der Waals surface area contributed by atoms with Crippen molar-refractivity contribution < 1.29 is 14.7 Å². The predicted molar refractivity (Wildman–Crippen MR) is 137 cm³/mol. The normalized spacial score (nSPS) is 31.2. The van der Waals surface area contributed by atoms with Crippen LogP contribution in [0.3, 0.4) is 0 Å². The smallest absolute Gasteiger partial charge is 0.251 e. The lowest BCUT2D eigenvalue weighted by atomic mass is 9.51. The average molecular weight is 498 g/mol. The maximum atomic E-state index is 13.0. The lowest BCUT2D eigenvalue weighted by molar-refractivity contribution is -0.142. The molecule has 0 unspecified atom stereocenters. The minimum absolute atomic E-state index is 0.000980. The Morgan fingerprint density at radius 2 is 1.86 bits per heavy atom. The van der Waals surface area contributed by atoms with Gasteiger partial charge in [-0.1, -0.05) is 50.6 Å². The standard InChI is InChI=1S/C28H36ClN3O3/c1-17(26(34)31-16-20-6-4-5-7-22(20)29)21-8-12-28(3)13-9-23(18(2)24(28)25(21)33)32-27(35)19-10-14-30-15-11-19/h4-7,10-11,14-15,17-18,21,23-25,33H,8-9,12-13,16H2,1-3H3,(H,31,34)(H,32,35)/t17-,18-,21-,23-,24+,25-,28+/m0/s1. The Morgan fingerprint density at radius 1 is 1.17 bits per heavy atom. The van der Waals surface area contributed by atoms with Gasteiger partial charge in [-0.05, 0) is 72.6 Å². The van der Waals surface area contributed by atoms with Crippen LogP contribution < -0.4 is 10.6 Å². The van der Waals surface area contributed by atoms with E-state index in [1.165, 1.54) is 0 Å². The van der Waals surface area contributed by atoms with Crippen molar-refractivity contribution >= 4 is 23.4 Å². The fourth-order valence-electron chi connectivity index (χ4n) is 6.43. The quantitative estimate of drug-likeness (QED) is 0.543. The number of halogens is 1. The fraction of sp³-hybridized carbons (Fsp3) is 0.536. The summed E-state index contributed by atoms with van der Waals surface area (Å²) in [6.07, 6.45) is 6.24. The molecule has 0 saturated heterocycles. The summed E-state index contributed by atoms with van der Waals surface area (Å²) in [7, 11) is 0. The van der Waals surface area contributed by atoms with Gasteiger partial charge in [-0.2, -0.15) is 0 Å². The van der Waals surface area contributed by atoms with Crippen LogP contribution in [0, 0.1) is 29.1 Å². The summed E-state index contributed by atoms with van der Waals surface area (Å²) in [4.78, 5) is 29.8. The molecule has 0 radical (unpaired) electrons. The number of rotatable bonds is 6. The second-order valence-electron chi connectivity index (χ2n) is 10.7. The molecule has 2 amide bonds. The molecule has 1 aromatic heterocycles. The number of benzene rings is 1. The summed E-state index contributed by atoms with van der Waals surface area (Å²) in [5, 5.41) is 18.4. The Balaban J connectivity index is 1.43. The van der Waals surface area contributed by atoms with Crippen molar-refractivity contribution in [2.24, 2.45) is 29.1 Å². The van der Waals surface area contributed by atoms with Gasteiger partial charge in [0.2, 0.25) is 5.91 Å². The van der Waals surface area contributed by atoms with Crippen molar-refractivity contribution in [3.8, 4) is 0 Å². The van der Waals surface area contributed by atoms with Gasteiger partial charge in [-0.15, -0.1) is 0 Å². The van der Waals surface area contributed by atoms with Crippen molar-refractivity contribution in [2.75, 3.05) is 0 Å². The molecule has 0 bridgehead atoms. The number of amides is 2. The number of aliphatic hydroxyl groups excluding tert-OH is 1. The molecule has 2 aliphatic carbocycles. The number of carbonyl (C=O) groups is 2. The second kappa shape index (κ2) is 10.7. The number of fused-ring (bicyclic) bond motifs is 1. The number of hydrogen-bond donors (Lipinski definition) is 3. The minimum atomic E-state index is -0.606. The Labute approximate surface area is 212 Å². The van der Waals surface area contributed by atoms with Crippen LogP contribution in [0.4, 0.5) is 0 Å². The third-order valence-corrected chi connectivity index (χ3v) is 8.98. The highest BCUT2D eigenvalue weighted by Gasteiger charge is 2.53. The number of nitrogens with zero attached hydrogens (tertiary/aromatic N) is 1. The molecule has 7 heteroatoms. The number of carbonyl (C=O) groups excluding carboxylic acids is 2. The first-order chi connectivity index (χ1) is 16.7. The molecule has 35 heavy (non-hydrogen) atoms. The van der Waals surface area contributed by atoms with E-state index >= 15 is 0 Å². The molecule has 2 saturated carbocycles. The van der Waals surface area contributed by atoms with Crippen LogP contribution in [0.15, 0.2) is 48.8 Å². The van der Waals surface area contributed by atoms with Crippen molar-refractivity contribution in [3.05, 3.63) is 64.9 Å². The van der Waals surface area contributed by atoms with Crippen LogP contribution >= 0.6 is 11.6 Å². The van der Waals surface area contributed by atoms with Crippen molar-refractivity contribution in [1.29, 1.82) is 0 Å². The summed E-state index contributed by atoms with van der Waals surface area (Å²) >= 11 is 6.23. The highest BCUT2D eigenvalue weighted by molar-refractivity contribution is 6.31. The Kier molecular flexibility index (Phi) is 7.82. The molecule has 0 aliphatic heterocycles. The number of pyridine rings is 1. The van der Waals surface area contributed by atoms with Gasteiger partial charge in [0, 0.05) is 41.5 Å². The zero-order chi connectivity index (χ0) is 25.2. The molecule has 1 heterocycles. The van der Waals surface area contributed by atoms with E-state index in [2.05, 4.69) is 29.5 Å². The van der Waals surface area contributed by atoms with Crippen LogP contribution in [0.1, 0.15) is 62.4 Å². The first kappa shape index (κ1) is 25.6. The van der Waals surface area contributed by atoms with Crippen LogP contribution in [-0.4, -0.2) is 34.1 Å². The first-order valence-corrected chi connectivity index (χ1v) is 13.0. The second-order valence-corrected chi connectivity index (χ2v) is 11.1. The molecule has 3 N–H and O–H groups in total. The molecular formula is C28H36ClN3O3. The zero-order valence-corrected chi connectivity index (χ0v) is 21.5. The Hall–Kier alpha value is -2.44. The van der Waals surface area contributed by atoms with Gasteiger partial charge in [0.1, 0.15) is 0 Å². The number of aliphatic hydroxyl groups is 1. The van der Waals surface area contributed by atoms with E-state index in [9.17, 15) is 14.7 Å². The molecule has 2 fully saturated rings. The molecular weight excluding hydrogens is 462 g/mol. The van der Waals surface area contributed by atoms with Gasteiger partial charge in [0.25, 0.3) is 5.91 Å². The topological polar surface area (TPSA) is 91.3 Å². The summed E-state index contributed by atoms with van der Waals surface area (Å²) in [6.45, 7) is 6.67. The molecule has 6 nitrogen and oxygen atoms in total. The predicted octanol–water partition coefficient (Wildman–Crippen LogP) is 4.61. The Morgan fingerprint density at radius 3 is 2.57 bits per heavy atom. The lowest BCUT2D eigenvalue weighted by Gasteiger charge is -2.56. The summed E-state index contributed by atoms with van der Waals surface area (Å²) < 4.78 is 0. The van der Waals surface area contributed by atoms with Crippen molar-refractivity contribution in [2.45, 2.75) is 65.1 Å². The molecule has 1 aromatic carbocycles. The highest BCUT2D eigenvalue weighted by atomic mass is 35.5. The van der Waals surface area contributed by atoms with E-state index in [0.717, 1.165) is 31.2 Å². The molecule has 4 rings (SSSR count). The molecule has 2 aliphatic rings. The third kappa shape index (κ3) is 5.39. The largest absolute Gasteiger partial charge is 0.392 e. The number of nitrogens with one attached hydrogen (secondary N) is 2. The van der Waals surface area contributed by atoms with Crippen molar-refractivity contribution in [3.63, 3.8) is 0 Å². The molecule has 0 spiro atoms. The van der Waals surface area contributed by atoms with E-state index in [1.54, 1.807) is 24.5 Å². The van der Waals surface area contributed by atoms with Crippen LogP contribution in [0.5, 0.6) is 0 Å². The monoisotopic (exact) mass is 497 g/mol. The van der Waals surface area contributed by atoms with Crippen molar-refractivity contribution in [1.82, 2.24) is 15.6 Å². The molecule has 7 atom stereocenters. The Bertz CT molecular complexity index is 1050. The maximum Gasteiger partial charge on any atom is 0.251 e. The lowest BCUT2D eigenvalue weighted by Crippen LogP contribution is -2.58. The zero-order valence-electron chi connectivity index (χ0n) is 20.7. The molecule has 2 aromatic rings. The van der Waals surface area contributed by atoms with Crippen LogP contribution in [-0.2, 0) is 11.3 Å². The van der Waals surface area contributed by atoms with E-state index in [-0.39, 0.29) is 46.9 Å². The maximum absolute atomic E-state index is 13.0. The van der Waals surface area contributed by atoms with Gasteiger partial charge < -0.3 is 15.7 Å². The summed E-state index contributed by atoms with van der Waals surface area (Å²) in [5.41, 5.74) is 1.47. The average Bonchev–Trinajstić information content (AvgIpc) is 2.85. The minimum Gasteiger partial charge on any atom is -0.392 e. The van der Waals surface area contributed by atoms with Crippen LogP contribution in [0.25, 0.3) is 0 Å². The number of hydrogen-bond acceptors (Lipinski definition) is 4. The van der Waals surface area contributed by atoms with Gasteiger partial charge >= 0.3 is 0 Å². The number of aromatic nitrogens is 1. The molecule has 188 valence electrons. The van der Waals surface area contributed by atoms with Crippen LogP contribution in [0.2, 0.25) is 5.02 Å².